The molecule has 7 atom stereocenters. The summed E-state index contributed by atoms with van der Waals surface area (Å²) < 4.78 is 5.33. The normalized spacial score (nSPS) is 46.8. The van der Waals surface area contributed by atoms with Crippen molar-refractivity contribution in [2.75, 3.05) is 0 Å². The summed E-state index contributed by atoms with van der Waals surface area (Å²) in [5.74, 6) is -0.610. The Bertz CT molecular complexity index is 641. The van der Waals surface area contributed by atoms with Gasteiger partial charge in [-0.15, -0.1) is 0 Å². The fourth-order valence-electron chi connectivity index (χ4n) is 4.92. The molecule has 128 valence electrons. The van der Waals surface area contributed by atoms with Gasteiger partial charge in [-0.1, -0.05) is 25.2 Å². The third-order valence-electron chi connectivity index (χ3n) is 6.10. The first kappa shape index (κ1) is 15.8. The third-order valence-corrected chi connectivity index (χ3v) is 6.10. The van der Waals surface area contributed by atoms with Crippen LogP contribution in [-0.2, 0) is 19.1 Å². The summed E-state index contributed by atoms with van der Waals surface area (Å²) >= 11 is 0. The number of carbonyl (C=O) groups is 3. The molecule has 0 amide bonds. The molecule has 1 N–H and O–H groups in total. The molecule has 0 unspecified atom stereocenters. The van der Waals surface area contributed by atoms with E-state index in [2.05, 4.69) is 0 Å². The summed E-state index contributed by atoms with van der Waals surface area (Å²) in [5.41, 5.74) is 0.138. The Morgan fingerprint density at radius 1 is 1.12 bits per heavy atom. The van der Waals surface area contributed by atoms with Crippen molar-refractivity contribution in [2.24, 2.45) is 29.6 Å². The molecule has 5 heteroatoms. The second kappa shape index (κ2) is 5.66. The molecule has 0 aromatic rings. The lowest BCUT2D eigenvalue weighted by Crippen LogP contribution is -2.39. The van der Waals surface area contributed by atoms with E-state index in [4.69, 9.17) is 4.74 Å². The third kappa shape index (κ3) is 2.46. The summed E-state index contributed by atoms with van der Waals surface area (Å²) in [5, 5.41) is 10.4. The van der Waals surface area contributed by atoms with E-state index < -0.39 is 18.2 Å². The van der Waals surface area contributed by atoms with E-state index in [0.717, 1.165) is 6.42 Å². The molecule has 0 spiro atoms. The Kier molecular flexibility index (Phi) is 3.71. The Morgan fingerprint density at radius 2 is 1.92 bits per heavy atom. The molecule has 2 bridgehead atoms. The molecule has 5 rings (SSSR count). The smallest absolute Gasteiger partial charge is 0.341 e. The molecule has 0 aromatic carbocycles. The molecular formula is C19H22O5. The number of aliphatic hydroxyl groups excluding tert-OH is 1. The van der Waals surface area contributed by atoms with Crippen LogP contribution in [0, 0.1) is 29.6 Å². The Labute approximate surface area is 140 Å². The summed E-state index contributed by atoms with van der Waals surface area (Å²) in [6.07, 6.45) is 6.36. The van der Waals surface area contributed by atoms with Gasteiger partial charge in [0.05, 0.1) is 11.7 Å². The van der Waals surface area contributed by atoms with Crippen molar-refractivity contribution in [3.63, 3.8) is 0 Å². The first-order valence-electron chi connectivity index (χ1n) is 8.80. The molecule has 1 saturated carbocycles. The summed E-state index contributed by atoms with van der Waals surface area (Å²) in [6, 6.07) is 0. The van der Waals surface area contributed by atoms with Crippen molar-refractivity contribution < 1.29 is 24.2 Å². The molecule has 3 aliphatic carbocycles. The number of esters is 1. The highest BCUT2D eigenvalue weighted by Crippen LogP contribution is 2.47. The predicted molar refractivity (Wildman–Crippen MR) is 84.7 cm³/mol. The summed E-state index contributed by atoms with van der Waals surface area (Å²) in [4.78, 5) is 37.0. The molecule has 0 radical (unpaired) electrons. The van der Waals surface area contributed by atoms with Crippen LogP contribution in [0.5, 0.6) is 0 Å². The molecule has 5 aliphatic rings. The number of carbonyl (C=O) groups excluding carboxylic acids is 3. The second-order valence-electron chi connectivity index (χ2n) is 7.72. The van der Waals surface area contributed by atoms with Gasteiger partial charge in [-0.2, -0.15) is 0 Å². The maximum atomic E-state index is 12.4. The predicted octanol–water partition coefficient (Wildman–Crippen LogP) is 1.60. The van der Waals surface area contributed by atoms with Crippen LogP contribution in [0.2, 0.25) is 0 Å². The fourth-order valence-corrected chi connectivity index (χ4v) is 4.92. The number of aliphatic hydroxyl groups is 1. The topological polar surface area (TPSA) is 80.7 Å². The van der Waals surface area contributed by atoms with Crippen LogP contribution in [0.3, 0.4) is 0 Å². The lowest BCUT2D eigenvalue weighted by atomic mass is 9.68. The molecule has 0 aromatic heterocycles. The van der Waals surface area contributed by atoms with Gasteiger partial charge in [-0.3, -0.25) is 9.59 Å². The Balaban J connectivity index is 1.77. The zero-order chi connectivity index (χ0) is 17.0. The van der Waals surface area contributed by atoms with Gasteiger partial charge in [0.15, 0.2) is 5.78 Å². The molecular weight excluding hydrogens is 308 g/mol. The van der Waals surface area contributed by atoms with E-state index in [1.54, 1.807) is 6.08 Å². The van der Waals surface area contributed by atoms with E-state index in [0.29, 0.717) is 12.8 Å². The van der Waals surface area contributed by atoms with Crippen LogP contribution < -0.4 is 0 Å². The van der Waals surface area contributed by atoms with Crippen molar-refractivity contribution in [1.29, 1.82) is 0 Å². The number of fused-ring (bicyclic) bond motifs is 5. The standard InChI is InChI=1S/C19H22O5/c1-9-4-15-13(18(9)22)3-2-10-5-11(20)6-12-7-17(21)16(8-14(10)15)19(23)24-12/h2-3,8-15,20H,4-7H2,1H3/b16-8-/t9-,10-,11-,12-,13+,14+,15+/m1/s1. The minimum absolute atomic E-state index is 0.000480. The summed E-state index contributed by atoms with van der Waals surface area (Å²) in [6.45, 7) is 1.94. The lowest BCUT2D eigenvalue weighted by molar-refractivity contribution is -0.153. The van der Waals surface area contributed by atoms with Gasteiger partial charge in [0.25, 0.3) is 0 Å². The fraction of sp³-hybridized carbons (Fsp3) is 0.632. The van der Waals surface area contributed by atoms with Crippen LogP contribution in [0.15, 0.2) is 23.8 Å². The number of hydrogen-bond donors (Lipinski definition) is 1. The number of rotatable bonds is 0. The maximum Gasteiger partial charge on any atom is 0.341 e. The number of Topliss-reactive ketones (excluding diaryl/α,β-unsaturated/α-hetero) is 2. The van der Waals surface area contributed by atoms with Crippen molar-refractivity contribution in [1.82, 2.24) is 0 Å². The molecule has 2 aliphatic heterocycles. The van der Waals surface area contributed by atoms with Gasteiger partial charge in [0.2, 0.25) is 0 Å². The van der Waals surface area contributed by atoms with Gasteiger partial charge in [-0.25, -0.2) is 4.79 Å². The molecule has 1 saturated heterocycles. The molecule has 5 nitrogen and oxygen atoms in total. The monoisotopic (exact) mass is 330 g/mol. The minimum Gasteiger partial charge on any atom is -0.458 e. The van der Waals surface area contributed by atoms with Gasteiger partial charge >= 0.3 is 5.97 Å². The van der Waals surface area contributed by atoms with Gasteiger partial charge in [-0.05, 0) is 30.6 Å². The van der Waals surface area contributed by atoms with Crippen LogP contribution >= 0.6 is 0 Å². The van der Waals surface area contributed by atoms with Crippen LogP contribution in [-0.4, -0.2) is 34.9 Å². The first-order chi connectivity index (χ1) is 11.4. The second-order valence-corrected chi connectivity index (χ2v) is 7.72. The molecule has 2 fully saturated rings. The van der Waals surface area contributed by atoms with Crippen molar-refractivity contribution in [2.45, 2.75) is 44.8 Å². The quantitative estimate of drug-likeness (QED) is 0.414. The van der Waals surface area contributed by atoms with Gasteiger partial charge < -0.3 is 9.84 Å². The first-order valence-corrected chi connectivity index (χ1v) is 8.80. The van der Waals surface area contributed by atoms with Crippen LogP contribution in [0.4, 0.5) is 0 Å². The van der Waals surface area contributed by atoms with Gasteiger partial charge in [0, 0.05) is 24.7 Å². The average Bonchev–Trinajstić information content (AvgIpc) is 2.79. The van der Waals surface area contributed by atoms with Gasteiger partial charge in [0.1, 0.15) is 11.9 Å². The van der Waals surface area contributed by atoms with E-state index in [1.807, 2.05) is 19.1 Å². The minimum atomic E-state index is -0.619. The van der Waals surface area contributed by atoms with E-state index in [-0.39, 0.29) is 53.1 Å². The Hall–Kier alpha value is -1.75. The van der Waals surface area contributed by atoms with Crippen LogP contribution in [0.1, 0.15) is 32.6 Å². The number of ketones is 2. The zero-order valence-corrected chi connectivity index (χ0v) is 13.7. The van der Waals surface area contributed by atoms with E-state index >= 15 is 0 Å². The molecule has 24 heavy (non-hydrogen) atoms. The number of ether oxygens (including phenoxy) is 1. The highest BCUT2D eigenvalue weighted by atomic mass is 16.5. The lowest BCUT2D eigenvalue weighted by Gasteiger charge is -2.37. The zero-order valence-electron chi connectivity index (χ0n) is 13.7. The molecule has 2 heterocycles. The van der Waals surface area contributed by atoms with Crippen molar-refractivity contribution >= 4 is 17.5 Å². The highest BCUT2D eigenvalue weighted by Gasteiger charge is 2.47. The van der Waals surface area contributed by atoms with E-state index in [9.17, 15) is 19.5 Å². The van der Waals surface area contributed by atoms with Crippen LogP contribution in [0.25, 0.3) is 0 Å². The van der Waals surface area contributed by atoms with E-state index in [1.165, 1.54) is 0 Å². The highest BCUT2D eigenvalue weighted by molar-refractivity contribution is 6.18. The number of allylic oxidation sites excluding steroid dienone is 3. The SMILES string of the molecule is C[C@@H]1C[C@@H]2[C@H]3/C=C4/C(=O)C[C@@H](C[C@H](O)C[C@H]3C=C[C@@H]2C1=O)OC4=O. The average molecular weight is 330 g/mol. The Morgan fingerprint density at radius 3 is 2.67 bits per heavy atom. The largest absolute Gasteiger partial charge is 0.458 e. The number of hydrogen-bond acceptors (Lipinski definition) is 5. The maximum absolute atomic E-state index is 12.4. The van der Waals surface area contributed by atoms with Crippen molar-refractivity contribution in [3.8, 4) is 0 Å². The summed E-state index contributed by atoms with van der Waals surface area (Å²) in [7, 11) is 0. The van der Waals surface area contributed by atoms with Crippen molar-refractivity contribution in [3.05, 3.63) is 23.8 Å².